The van der Waals surface area contributed by atoms with Gasteiger partial charge in [0.1, 0.15) is 5.01 Å². The highest BCUT2D eigenvalue weighted by Gasteiger charge is 2.23. The van der Waals surface area contributed by atoms with Crippen LogP contribution in [0.1, 0.15) is 16.1 Å². The molecule has 0 bridgehead atoms. The lowest BCUT2D eigenvalue weighted by Gasteiger charge is -1.99. The fourth-order valence-corrected chi connectivity index (χ4v) is 3.06. The molecule has 0 saturated carbocycles. The summed E-state index contributed by atoms with van der Waals surface area (Å²) in [6, 6.07) is 8.14. The first-order valence-corrected chi connectivity index (χ1v) is 7.65. The molecule has 1 aromatic carbocycles. The molecule has 2 N–H and O–H groups in total. The van der Waals surface area contributed by atoms with Crippen molar-refractivity contribution in [2.24, 2.45) is 0 Å². The molecule has 0 spiro atoms. The van der Waals surface area contributed by atoms with E-state index in [4.69, 9.17) is 5.73 Å². The zero-order valence-electron chi connectivity index (χ0n) is 12.2. The minimum atomic E-state index is -0.852. The highest BCUT2D eigenvalue weighted by Crippen LogP contribution is 2.19. The Bertz CT molecular complexity index is 945. The summed E-state index contributed by atoms with van der Waals surface area (Å²) < 4.78 is 0.948. The first-order chi connectivity index (χ1) is 11.0. The molecule has 2 aromatic heterocycles. The monoisotopic (exact) mass is 331 g/mol. The molecule has 118 valence electrons. The van der Waals surface area contributed by atoms with Gasteiger partial charge in [0, 0.05) is 6.42 Å². The SMILES string of the molecule is Cc1ccc(CCc2nn3c(=O)c([N+](=O)[O-])c(N)nc3s2)cc1. The Morgan fingerprint density at radius 3 is 2.65 bits per heavy atom. The molecule has 0 aliphatic carbocycles. The van der Waals surface area contributed by atoms with Crippen molar-refractivity contribution in [3.8, 4) is 0 Å². The molecule has 8 nitrogen and oxygen atoms in total. The molecule has 0 atom stereocenters. The van der Waals surface area contributed by atoms with E-state index in [-0.39, 0.29) is 10.8 Å². The molecule has 0 radical (unpaired) electrons. The van der Waals surface area contributed by atoms with Crippen molar-refractivity contribution < 1.29 is 4.92 Å². The quantitative estimate of drug-likeness (QED) is 0.575. The van der Waals surface area contributed by atoms with Gasteiger partial charge < -0.3 is 5.73 Å². The Labute approximate surface area is 134 Å². The van der Waals surface area contributed by atoms with Crippen molar-refractivity contribution in [2.45, 2.75) is 19.8 Å². The molecule has 2 heterocycles. The maximum Gasteiger partial charge on any atom is 0.377 e. The summed E-state index contributed by atoms with van der Waals surface area (Å²) in [6.45, 7) is 2.02. The van der Waals surface area contributed by atoms with Crippen LogP contribution in [0.25, 0.3) is 4.96 Å². The number of nitrogen functional groups attached to an aromatic ring is 1. The Morgan fingerprint density at radius 1 is 1.30 bits per heavy atom. The van der Waals surface area contributed by atoms with Crippen LogP contribution in [-0.4, -0.2) is 19.5 Å². The predicted molar refractivity (Wildman–Crippen MR) is 86.8 cm³/mol. The van der Waals surface area contributed by atoms with Gasteiger partial charge in [0.25, 0.3) is 0 Å². The van der Waals surface area contributed by atoms with Gasteiger partial charge in [0.15, 0.2) is 0 Å². The van der Waals surface area contributed by atoms with Gasteiger partial charge in [-0.05, 0) is 18.9 Å². The van der Waals surface area contributed by atoms with Gasteiger partial charge in [-0.2, -0.15) is 14.6 Å². The fourth-order valence-electron chi connectivity index (χ4n) is 2.17. The van der Waals surface area contributed by atoms with Gasteiger partial charge in [-0.15, -0.1) is 0 Å². The summed E-state index contributed by atoms with van der Waals surface area (Å²) in [5.74, 6) is -0.381. The minimum absolute atomic E-state index is 0.261. The normalized spacial score (nSPS) is 11.0. The summed E-state index contributed by atoms with van der Waals surface area (Å²) >= 11 is 1.21. The van der Waals surface area contributed by atoms with Gasteiger partial charge in [-0.3, -0.25) is 14.9 Å². The first-order valence-electron chi connectivity index (χ1n) is 6.84. The number of nitrogens with zero attached hydrogens (tertiary/aromatic N) is 4. The third-order valence-electron chi connectivity index (χ3n) is 3.39. The highest BCUT2D eigenvalue weighted by atomic mass is 32.1. The summed E-state index contributed by atoms with van der Waals surface area (Å²) in [5, 5.41) is 15.7. The lowest BCUT2D eigenvalue weighted by molar-refractivity contribution is -0.385. The summed E-state index contributed by atoms with van der Waals surface area (Å²) in [6.07, 6.45) is 1.37. The first kappa shape index (κ1) is 15.1. The van der Waals surface area contributed by atoms with Crippen LogP contribution in [0.4, 0.5) is 11.5 Å². The molecule has 0 saturated heterocycles. The van der Waals surface area contributed by atoms with Crippen molar-refractivity contribution in [1.29, 1.82) is 0 Å². The molecule has 0 aliphatic heterocycles. The van der Waals surface area contributed by atoms with E-state index < -0.39 is 16.2 Å². The van der Waals surface area contributed by atoms with Gasteiger partial charge >= 0.3 is 11.2 Å². The maximum absolute atomic E-state index is 12.1. The standard InChI is InChI=1S/C14H13N5O3S/c1-8-2-4-9(5-3-8)6-7-10-17-18-13(20)11(19(21)22)12(15)16-14(18)23-10/h2-5H,6-7,15H2,1H3. The topological polar surface area (TPSA) is 116 Å². The second-order valence-corrected chi connectivity index (χ2v) is 6.12. The van der Waals surface area contributed by atoms with Crippen molar-refractivity contribution in [1.82, 2.24) is 14.6 Å². The van der Waals surface area contributed by atoms with Crippen molar-refractivity contribution in [3.63, 3.8) is 0 Å². The Kier molecular flexibility index (Phi) is 3.78. The summed E-state index contributed by atoms with van der Waals surface area (Å²) in [7, 11) is 0. The fraction of sp³-hybridized carbons (Fsp3) is 0.214. The van der Waals surface area contributed by atoms with E-state index in [1.807, 2.05) is 31.2 Å². The molecular formula is C14H13N5O3S. The molecule has 3 rings (SSSR count). The van der Waals surface area contributed by atoms with Crippen LogP contribution in [0.2, 0.25) is 0 Å². The van der Waals surface area contributed by atoms with Crippen molar-refractivity contribution >= 4 is 27.8 Å². The number of nitrogens with two attached hydrogens (primary N) is 1. The second kappa shape index (κ2) is 5.76. The third-order valence-corrected chi connectivity index (χ3v) is 4.35. The van der Waals surface area contributed by atoms with Gasteiger partial charge in [-0.1, -0.05) is 41.2 Å². The van der Waals surface area contributed by atoms with E-state index >= 15 is 0 Å². The van der Waals surface area contributed by atoms with E-state index in [1.165, 1.54) is 16.9 Å². The Hall–Kier alpha value is -2.81. The molecule has 0 aliphatic rings. The molecule has 0 unspecified atom stereocenters. The van der Waals surface area contributed by atoms with Crippen LogP contribution >= 0.6 is 11.3 Å². The van der Waals surface area contributed by atoms with Crippen LogP contribution < -0.4 is 11.3 Å². The molecule has 3 aromatic rings. The van der Waals surface area contributed by atoms with Crippen LogP contribution in [0, 0.1) is 17.0 Å². The largest absolute Gasteiger partial charge is 0.378 e. The van der Waals surface area contributed by atoms with E-state index in [0.717, 1.165) is 16.5 Å². The number of aromatic nitrogens is 3. The maximum atomic E-state index is 12.1. The van der Waals surface area contributed by atoms with Crippen LogP contribution in [0.5, 0.6) is 0 Å². The van der Waals surface area contributed by atoms with Crippen LogP contribution in [0.15, 0.2) is 29.1 Å². The number of nitro groups is 1. The minimum Gasteiger partial charge on any atom is -0.378 e. The number of hydrogen-bond acceptors (Lipinski definition) is 7. The molecule has 0 amide bonds. The van der Waals surface area contributed by atoms with Crippen molar-refractivity contribution in [3.05, 3.63) is 60.9 Å². The number of aryl methyl sites for hydroxylation is 3. The predicted octanol–water partition coefficient (Wildman–Crippen LogP) is 1.74. The van der Waals surface area contributed by atoms with E-state index in [0.29, 0.717) is 11.4 Å². The van der Waals surface area contributed by atoms with E-state index in [9.17, 15) is 14.9 Å². The molecule has 23 heavy (non-hydrogen) atoms. The summed E-state index contributed by atoms with van der Waals surface area (Å²) in [4.78, 5) is 26.3. The average Bonchev–Trinajstić information content (AvgIpc) is 2.89. The summed E-state index contributed by atoms with van der Waals surface area (Å²) in [5.41, 5.74) is 6.24. The number of rotatable bonds is 4. The number of benzene rings is 1. The second-order valence-electron chi connectivity index (χ2n) is 5.08. The van der Waals surface area contributed by atoms with Gasteiger partial charge in [0.2, 0.25) is 10.8 Å². The highest BCUT2D eigenvalue weighted by molar-refractivity contribution is 7.16. The van der Waals surface area contributed by atoms with E-state index in [1.54, 1.807) is 0 Å². The zero-order valence-corrected chi connectivity index (χ0v) is 13.0. The zero-order chi connectivity index (χ0) is 16.6. The Balaban J connectivity index is 1.91. The van der Waals surface area contributed by atoms with E-state index in [2.05, 4.69) is 10.1 Å². The molecule has 9 heteroatoms. The van der Waals surface area contributed by atoms with Gasteiger partial charge in [0.05, 0.1) is 4.92 Å². The number of anilines is 1. The average molecular weight is 331 g/mol. The molecule has 0 fully saturated rings. The lowest BCUT2D eigenvalue weighted by atomic mass is 10.1. The van der Waals surface area contributed by atoms with Gasteiger partial charge in [-0.25, -0.2) is 0 Å². The Morgan fingerprint density at radius 2 is 2.00 bits per heavy atom. The smallest absolute Gasteiger partial charge is 0.377 e. The van der Waals surface area contributed by atoms with Crippen molar-refractivity contribution in [2.75, 3.05) is 5.73 Å². The molecular weight excluding hydrogens is 318 g/mol. The number of hydrogen-bond donors (Lipinski definition) is 1. The third kappa shape index (κ3) is 2.90. The lowest BCUT2D eigenvalue weighted by Crippen LogP contribution is -2.20. The van der Waals surface area contributed by atoms with Crippen LogP contribution in [-0.2, 0) is 12.8 Å². The number of fused-ring (bicyclic) bond motifs is 1. The van der Waals surface area contributed by atoms with Crippen LogP contribution in [0.3, 0.4) is 0 Å².